The third kappa shape index (κ3) is 7.06. The average Bonchev–Trinajstić information content (AvgIpc) is 2.79. The van der Waals surface area contributed by atoms with Crippen molar-refractivity contribution >= 4 is 23.8 Å². The van der Waals surface area contributed by atoms with Gasteiger partial charge in [0.15, 0.2) is 0 Å². The van der Waals surface area contributed by atoms with Crippen LogP contribution < -0.4 is 0 Å². The van der Waals surface area contributed by atoms with E-state index in [-0.39, 0.29) is 5.56 Å². The maximum Gasteiger partial charge on any atom is 0.137 e. The van der Waals surface area contributed by atoms with Gasteiger partial charge in [-0.25, -0.2) is 13.2 Å². The minimum Gasteiger partial charge on any atom is -0.256 e. The standard InChI is InChI=1S/C14H13N.C13H8F3N/c1-12-6-5-7-13(10-12)11-15-14-8-3-2-4-9-14;14-9-6-12(15)11(13(16)7-9)8-17-10-4-2-1-3-5-10/h2-11H,1H3;1-8H. The van der Waals surface area contributed by atoms with E-state index in [9.17, 15) is 13.2 Å². The normalized spacial score (nSPS) is 10.9. The van der Waals surface area contributed by atoms with Crippen LogP contribution in [0.3, 0.4) is 0 Å². The van der Waals surface area contributed by atoms with E-state index in [0.717, 1.165) is 17.5 Å². The summed E-state index contributed by atoms with van der Waals surface area (Å²) in [6, 6.07) is 28.2. The number of hydrogen-bond donors (Lipinski definition) is 0. The second kappa shape index (κ2) is 11.4. The predicted molar refractivity (Wildman–Crippen MR) is 125 cm³/mol. The Morgan fingerprint density at radius 2 is 1.12 bits per heavy atom. The molecule has 0 spiro atoms. The van der Waals surface area contributed by atoms with Crippen molar-refractivity contribution in [1.82, 2.24) is 0 Å². The van der Waals surface area contributed by atoms with Crippen LogP contribution >= 0.6 is 0 Å². The van der Waals surface area contributed by atoms with E-state index >= 15 is 0 Å². The van der Waals surface area contributed by atoms with Crippen LogP contribution in [0.5, 0.6) is 0 Å². The van der Waals surface area contributed by atoms with Crippen LogP contribution in [0.25, 0.3) is 0 Å². The summed E-state index contributed by atoms with van der Waals surface area (Å²) in [5.74, 6) is -2.89. The molecule has 0 saturated heterocycles. The van der Waals surface area contributed by atoms with Crippen LogP contribution in [0.2, 0.25) is 0 Å². The lowest BCUT2D eigenvalue weighted by Crippen LogP contribution is -1.95. The molecule has 0 N–H and O–H groups in total. The van der Waals surface area contributed by atoms with Crippen LogP contribution in [0, 0.1) is 24.4 Å². The van der Waals surface area contributed by atoms with E-state index in [1.54, 1.807) is 30.3 Å². The highest BCUT2D eigenvalue weighted by Gasteiger charge is 2.08. The molecular weight excluding hydrogens is 409 g/mol. The molecule has 0 atom stereocenters. The average molecular weight is 430 g/mol. The van der Waals surface area contributed by atoms with E-state index in [2.05, 4.69) is 35.1 Å². The van der Waals surface area contributed by atoms with Crippen LogP contribution in [0.15, 0.2) is 107 Å². The minimum atomic E-state index is -0.970. The molecule has 0 aliphatic heterocycles. The molecule has 0 aliphatic carbocycles. The lowest BCUT2D eigenvalue weighted by Gasteiger charge is -1.99. The maximum atomic E-state index is 13.2. The summed E-state index contributed by atoms with van der Waals surface area (Å²) in [5.41, 5.74) is 3.59. The molecular formula is C27H21F3N2. The third-order valence-corrected chi connectivity index (χ3v) is 4.30. The number of aliphatic imine (C=N–C) groups is 2. The Morgan fingerprint density at radius 3 is 1.66 bits per heavy atom. The predicted octanol–water partition coefficient (Wildman–Crippen LogP) is 7.60. The smallest absolute Gasteiger partial charge is 0.137 e. The first-order valence-electron chi connectivity index (χ1n) is 9.91. The van der Waals surface area contributed by atoms with Gasteiger partial charge < -0.3 is 0 Å². The summed E-state index contributed by atoms with van der Waals surface area (Å²) in [5, 5.41) is 0. The van der Waals surface area contributed by atoms with Gasteiger partial charge in [-0.3, -0.25) is 9.98 Å². The molecule has 0 aliphatic rings. The lowest BCUT2D eigenvalue weighted by atomic mass is 10.1. The largest absolute Gasteiger partial charge is 0.256 e. The Kier molecular flexibility index (Phi) is 8.09. The number of para-hydroxylation sites is 2. The highest BCUT2D eigenvalue weighted by atomic mass is 19.1. The second-order valence-corrected chi connectivity index (χ2v) is 6.88. The topological polar surface area (TPSA) is 24.7 Å². The SMILES string of the molecule is Cc1cccc(C=Nc2ccccc2)c1.Fc1cc(F)c(C=Nc2ccccc2)c(F)c1. The first kappa shape index (κ1) is 22.7. The van der Waals surface area contributed by atoms with Gasteiger partial charge in [0, 0.05) is 24.6 Å². The van der Waals surface area contributed by atoms with E-state index in [1.165, 1.54) is 5.56 Å². The number of nitrogens with zero attached hydrogens (tertiary/aromatic N) is 2. The second-order valence-electron chi connectivity index (χ2n) is 6.88. The van der Waals surface area contributed by atoms with E-state index in [0.29, 0.717) is 17.8 Å². The number of hydrogen-bond acceptors (Lipinski definition) is 2. The fraction of sp³-hybridized carbons (Fsp3) is 0.0370. The van der Waals surface area contributed by atoms with E-state index < -0.39 is 17.5 Å². The van der Waals surface area contributed by atoms with Gasteiger partial charge >= 0.3 is 0 Å². The quantitative estimate of drug-likeness (QED) is 0.298. The van der Waals surface area contributed by atoms with Gasteiger partial charge in [0.1, 0.15) is 17.5 Å². The summed E-state index contributed by atoms with van der Waals surface area (Å²) in [6.07, 6.45) is 2.93. The third-order valence-electron chi connectivity index (χ3n) is 4.30. The van der Waals surface area contributed by atoms with Gasteiger partial charge in [0.2, 0.25) is 0 Å². The van der Waals surface area contributed by atoms with Crippen molar-refractivity contribution < 1.29 is 13.2 Å². The zero-order chi connectivity index (χ0) is 22.8. The van der Waals surface area contributed by atoms with Crippen molar-refractivity contribution in [3.05, 3.63) is 131 Å². The monoisotopic (exact) mass is 430 g/mol. The Bertz CT molecular complexity index is 1180. The molecule has 0 heterocycles. The molecule has 0 amide bonds. The van der Waals surface area contributed by atoms with Gasteiger partial charge in [-0.2, -0.15) is 0 Å². The van der Waals surface area contributed by atoms with E-state index in [1.807, 2.05) is 42.6 Å². The molecule has 5 heteroatoms. The Labute approximate surface area is 185 Å². The molecule has 0 saturated carbocycles. The van der Waals surface area contributed by atoms with Gasteiger partial charge in [0.05, 0.1) is 16.9 Å². The zero-order valence-electron chi connectivity index (χ0n) is 17.4. The van der Waals surface area contributed by atoms with Crippen LogP contribution in [0.4, 0.5) is 24.5 Å². The summed E-state index contributed by atoms with van der Waals surface area (Å²) in [4.78, 5) is 8.29. The van der Waals surface area contributed by atoms with Gasteiger partial charge in [-0.15, -0.1) is 0 Å². The highest BCUT2D eigenvalue weighted by Crippen LogP contribution is 2.15. The molecule has 4 aromatic carbocycles. The van der Waals surface area contributed by atoms with Crippen molar-refractivity contribution in [2.75, 3.05) is 0 Å². The number of aryl methyl sites for hydroxylation is 1. The maximum absolute atomic E-state index is 13.2. The van der Waals surface area contributed by atoms with Crippen molar-refractivity contribution in [3.63, 3.8) is 0 Å². The highest BCUT2D eigenvalue weighted by molar-refractivity contribution is 5.83. The Morgan fingerprint density at radius 1 is 0.594 bits per heavy atom. The van der Waals surface area contributed by atoms with Crippen molar-refractivity contribution in [2.45, 2.75) is 6.92 Å². The zero-order valence-corrected chi connectivity index (χ0v) is 17.4. The van der Waals surface area contributed by atoms with Gasteiger partial charge in [0.25, 0.3) is 0 Å². The molecule has 4 rings (SSSR count). The van der Waals surface area contributed by atoms with Crippen LogP contribution in [-0.4, -0.2) is 12.4 Å². The molecule has 4 aromatic rings. The first-order valence-corrected chi connectivity index (χ1v) is 9.91. The molecule has 2 nitrogen and oxygen atoms in total. The molecule has 0 bridgehead atoms. The van der Waals surface area contributed by atoms with Gasteiger partial charge in [-0.05, 0) is 36.8 Å². The van der Waals surface area contributed by atoms with Crippen molar-refractivity contribution in [2.24, 2.45) is 9.98 Å². The summed E-state index contributed by atoms with van der Waals surface area (Å²) >= 11 is 0. The van der Waals surface area contributed by atoms with Gasteiger partial charge in [-0.1, -0.05) is 66.2 Å². The fourth-order valence-electron chi connectivity index (χ4n) is 2.74. The van der Waals surface area contributed by atoms with E-state index in [4.69, 9.17) is 0 Å². The minimum absolute atomic E-state index is 0.352. The summed E-state index contributed by atoms with van der Waals surface area (Å²) in [6.45, 7) is 2.08. The summed E-state index contributed by atoms with van der Waals surface area (Å²) < 4.78 is 39.1. The lowest BCUT2D eigenvalue weighted by molar-refractivity contribution is 0.541. The number of rotatable bonds is 4. The Balaban J connectivity index is 0.000000182. The van der Waals surface area contributed by atoms with Crippen molar-refractivity contribution in [3.8, 4) is 0 Å². The molecule has 32 heavy (non-hydrogen) atoms. The molecule has 0 fully saturated rings. The number of benzene rings is 4. The fourth-order valence-corrected chi connectivity index (χ4v) is 2.74. The molecule has 0 aromatic heterocycles. The first-order chi connectivity index (χ1) is 15.5. The molecule has 0 unspecified atom stereocenters. The number of halogens is 3. The van der Waals surface area contributed by atoms with Crippen molar-refractivity contribution in [1.29, 1.82) is 0 Å². The van der Waals surface area contributed by atoms with Crippen LogP contribution in [-0.2, 0) is 0 Å². The summed E-state index contributed by atoms with van der Waals surface area (Å²) in [7, 11) is 0. The van der Waals surface area contributed by atoms with Crippen LogP contribution in [0.1, 0.15) is 16.7 Å². The molecule has 0 radical (unpaired) electrons. The Hall–Kier alpha value is -3.99. The molecule has 160 valence electrons.